The molecule has 1 aromatic carbocycles. The Kier molecular flexibility index (Phi) is 4.00. The third-order valence-electron chi connectivity index (χ3n) is 3.35. The zero-order valence-corrected chi connectivity index (χ0v) is 11.0. The molecule has 0 saturated heterocycles. The highest BCUT2D eigenvalue weighted by atomic mass is 16.5. The summed E-state index contributed by atoms with van der Waals surface area (Å²) < 4.78 is 4.73. The lowest BCUT2D eigenvalue weighted by atomic mass is 9.87. The highest BCUT2D eigenvalue weighted by Crippen LogP contribution is 2.30. The van der Waals surface area contributed by atoms with Crippen LogP contribution in [0.5, 0.6) is 0 Å². The van der Waals surface area contributed by atoms with E-state index in [0.717, 1.165) is 5.56 Å². The minimum Gasteiger partial charge on any atom is -0.469 e. The van der Waals surface area contributed by atoms with Gasteiger partial charge in [0.2, 0.25) is 0 Å². The maximum Gasteiger partial charge on any atom is 0.306 e. The number of hydrogen-bond donors (Lipinski definition) is 0. The zero-order valence-electron chi connectivity index (χ0n) is 11.0. The predicted molar refractivity (Wildman–Crippen MR) is 71.9 cm³/mol. The lowest BCUT2D eigenvalue weighted by Crippen LogP contribution is -2.40. The molecule has 1 atom stereocenters. The molecule has 0 aromatic heterocycles. The van der Waals surface area contributed by atoms with Crippen LogP contribution in [-0.2, 0) is 9.53 Å². The van der Waals surface area contributed by atoms with Crippen LogP contribution in [0.3, 0.4) is 0 Å². The Labute approximate surface area is 112 Å². The van der Waals surface area contributed by atoms with Gasteiger partial charge in [0.05, 0.1) is 13.5 Å². The Bertz CT molecular complexity index is 510. The number of amides is 1. The van der Waals surface area contributed by atoms with Crippen molar-refractivity contribution in [2.45, 2.75) is 12.3 Å². The summed E-state index contributed by atoms with van der Waals surface area (Å²) in [5.74, 6) is -0.273. The molecule has 2 rings (SSSR count). The van der Waals surface area contributed by atoms with E-state index < -0.39 is 0 Å². The number of methoxy groups -OCH3 is 1. The summed E-state index contributed by atoms with van der Waals surface area (Å²) in [5, 5.41) is 0. The summed E-state index contributed by atoms with van der Waals surface area (Å²) in [4.78, 5) is 25.5. The van der Waals surface area contributed by atoms with Crippen LogP contribution in [-0.4, -0.2) is 37.0 Å². The Hall–Kier alpha value is -2.10. The largest absolute Gasteiger partial charge is 0.469 e. The predicted octanol–water partition coefficient (Wildman–Crippen LogP) is 1.98. The van der Waals surface area contributed by atoms with E-state index in [1.807, 2.05) is 18.2 Å². The molecule has 1 aliphatic rings. The second kappa shape index (κ2) is 5.69. The molecule has 4 heteroatoms. The van der Waals surface area contributed by atoms with Crippen molar-refractivity contribution >= 4 is 11.9 Å². The lowest BCUT2D eigenvalue weighted by Gasteiger charge is -2.33. The molecule has 100 valence electrons. The first-order valence-electron chi connectivity index (χ1n) is 6.23. The Morgan fingerprint density at radius 1 is 1.53 bits per heavy atom. The first-order valence-corrected chi connectivity index (χ1v) is 6.23. The second-order valence-corrected chi connectivity index (χ2v) is 4.56. The molecule has 0 N–H and O–H groups in total. The summed E-state index contributed by atoms with van der Waals surface area (Å²) in [7, 11) is 1.38. The number of ether oxygens (including phenoxy) is 1. The molecular weight excluding hydrogens is 242 g/mol. The van der Waals surface area contributed by atoms with Crippen LogP contribution in [0.15, 0.2) is 36.9 Å². The lowest BCUT2D eigenvalue weighted by molar-refractivity contribution is -0.141. The van der Waals surface area contributed by atoms with Crippen molar-refractivity contribution in [2.24, 2.45) is 0 Å². The van der Waals surface area contributed by atoms with E-state index >= 15 is 0 Å². The van der Waals surface area contributed by atoms with Crippen molar-refractivity contribution in [1.82, 2.24) is 4.90 Å². The van der Waals surface area contributed by atoms with Crippen LogP contribution in [0, 0.1) is 0 Å². The monoisotopic (exact) mass is 259 g/mol. The van der Waals surface area contributed by atoms with Gasteiger partial charge >= 0.3 is 5.97 Å². The summed E-state index contributed by atoms with van der Waals surface area (Å²) >= 11 is 0. The highest BCUT2D eigenvalue weighted by Gasteiger charge is 2.31. The molecule has 0 spiro atoms. The number of carbonyl (C=O) groups excluding carboxylic acids is 2. The molecule has 1 heterocycles. The quantitative estimate of drug-likeness (QED) is 0.613. The molecular formula is C15H17NO3. The minimum atomic E-state index is -0.257. The molecule has 1 amide bonds. The highest BCUT2D eigenvalue weighted by molar-refractivity contribution is 5.97. The van der Waals surface area contributed by atoms with Gasteiger partial charge in [0.25, 0.3) is 5.91 Å². The summed E-state index contributed by atoms with van der Waals surface area (Å²) in [6.45, 7) is 4.68. The van der Waals surface area contributed by atoms with Gasteiger partial charge in [-0.3, -0.25) is 9.59 Å². The Morgan fingerprint density at radius 2 is 2.26 bits per heavy atom. The number of esters is 1. The maximum absolute atomic E-state index is 12.3. The third kappa shape index (κ3) is 2.67. The summed E-state index contributed by atoms with van der Waals surface area (Å²) in [6.07, 6.45) is 1.98. The van der Waals surface area contributed by atoms with Crippen LogP contribution in [0.4, 0.5) is 0 Å². The van der Waals surface area contributed by atoms with Crippen molar-refractivity contribution in [2.75, 3.05) is 20.2 Å². The van der Waals surface area contributed by atoms with Gasteiger partial charge in [-0.15, -0.1) is 6.58 Å². The van der Waals surface area contributed by atoms with Crippen LogP contribution in [0.2, 0.25) is 0 Å². The van der Waals surface area contributed by atoms with E-state index in [9.17, 15) is 9.59 Å². The SMILES string of the molecule is C=CCN1CC(CC(=O)OC)c2ccccc2C1=O. The van der Waals surface area contributed by atoms with Crippen molar-refractivity contribution in [3.05, 3.63) is 48.0 Å². The first kappa shape index (κ1) is 13.3. The summed E-state index contributed by atoms with van der Waals surface area (Å²) in [5.41, 5.74) is 1.60. The number of rotatable bonds is 4. The topological polar surface area (TPSA) is 46.6 Å². The van der Waals surface area contributed by atoms with Gasteiger partial charge in [-0.25, -0.2) is 0 Å². The Morgan fingerprint density at radius 3 is 2.95 bits per heavy atom. The smallest absolute Gasteiger partial charge is 0.306 e. The van der Waals surface area contributed by atoms with Gasteiger partial charge in [-0.2, -0.15) is 0 Å². The molecule has 0 saturated carbocycles. The third-order valence-corrected chi connectivity index (χ3v) is 3.35. The molecule has 0 radical (unpaired) electrons. The number of fused-ring (bicyclic) bond motifs is 1. The van der Waals surface area contributed by atoms with Gasteiger partial charge in [0, 0.05) is 24.6 Å². The van der Waals surface area contributed by atoms with Crippen molar-refractivity contribution in [1.29, 1.82) is 0 Å². The Balaban J connectivity index is 2.33. The van der Waals surface area contributed by atoms with Crippen LogP contribution >= 0.6 is 0 Å². The first-order chi connectivity index (χ1) is 9.17. The zero-order chi connectivity index (χ0) is 13.8. The fourth-order valence-corrected chi connectivity index (χ4v) is 2.44. The minimum absolute atomic E-state index is 0.00313. The van der Waals surface area contributed by atoms with E-state index in [2.05, 4.69) is 6.58 Å². The number of carbonyl (C=O) groups is 2. The molecule has 1 unspecified atom stereocenters. The van der Waals surface area contributed by atoms with Gasteiger partial charge < -0.3 is 9.64 Å². The van der Waals surface area contributed by atoms with Crippen molar-refractivity contribution < 1.29 is 14.3 Å². The molecule has 0 aliphatic carbocycles. The molecule has 0 fully saturated rings. The molecule has 4 nitrogen and oxygen atoms in total. The average Bonchev–Trinajstić information content (AvgIpc) is 2.44. The van der Waals surface area contributed by atoms with Gasteiger partial charge in [-0.05, 0) is 11.6 Å². The second-order valence-electron chi connectivity index (χ2n) is 4.56. The average molecular weight is 259 g/mol. The van der Waals surface area contributed by atoms with Crippen LogP contribution in [0.1, 0.15) is 28.3 Å². The van der Waals surface area contributed by atoms with Gasteiger partial charge in [-0.1, -0.05) is 24.3 Å². The van der Waals surface area contributed by atoms with Crippen LogP contribution < -0.4 is 0 Å². The van der Waals surface area contributed by atoms with E-state index in [0.29, 0.717) is 18.7 Å². The number of nitrogens with zero attached hydrogens (tertiary/aromatic N) is 1. The van der Waals surface area contributed by atoms with Crippen molar-refractivity contribution in [3.8, 4) is 0 Å². The van der Waals surface area contributed by atoms with E-state index in [1.165, 1.54) is 7.11 Å². The molecule has 1 aromatic rings. The normalized spacial score (nSPS) is 17.8. The van der Waals surface area contributed by atoms with Gasteiger partial charge in [0.1, 0.15) is 0 Å². The fourth-order valence-electron chi connectivity index (χ4n) is 2.44. The maximum atomic E-state index is 12.3. The van der Waals surface area contributed by atoms with Gasteiger partial charge in [0.15, 0.2) is 0 Å². The molecule has 1 aliphatic heterocycles. The standard InChI is InChI=1S/C15H17NO3/c1-3-8-16-10-11(9-14(17)19-2)12-6-4-5-7-13(12)15(16)18/h3-7,11H,1,8-10H2,2H3. The number of hydrogen-bond acceptors (Lipinski definition) is 3. The summed E-state index contributed by atoms with van der Waals surface area (Å²) in [6, 6.07) is 7.44. The number of benzene rings is 1. The van der Waals surface area contributed by atoms with E-state index in [4.69, 9.17) is 4.74 Å². The molecule has 19 heavy (non-hydrogen) atoms. The van der Waals surface area contributed by atoms with Crippen molar-refractivity contribution in [3.63, 3.8) is 0 Å². The fraction of sp³-hybridized carbons (Fsp3) is 0.333. The van der Waals surface area contributed by atoms with E-state index in [-0.39, 0.29) is 24.2 Å². The van der Waals surface area contributed by atoms with E-state index in [1.54, 1.807) is 17.0 Å². The molecule has 0 bridgehead atoms. The van der Waals surface area contributed by atoms with Crippen LogP contribution in [0.25, 0.3) is 0 Å².